The van der Waals surface area contributed by atoms with Crippen molar-refractivity contribution in [3.63, 3.8) is 0 Å². The Morgan fingerprint density at radius 1 is 0.333 bits per heavy atom. The third kappa shape index (κ3) is 4.19. The minimum Gasteiger partial charge on any atom is -0.309 e. The Kier molecular flexibility index (Phi) is 6.02. The van der Waals surface area contributed by atoms with Gasteiger partial charge in [-0.15, -0.1) is 0 Å². The van der Waals surface area contributed by atoms with Gasteiger partial charge in [-0.1, -0.05) is 127 Å². The smallest absolute Gasteiger partial charge is 0.165 e. The number of benzene rings is 9. The number of nitrogens with zero attached hydrogens (tertiary/aromatic N) is 4. The van der Waals surface area contributed by atoms with Gasteiger partial charge in [0.15, 0.2) is 5.82 Å². The molecule has 250 valence electrons. The molecule has 0 atom stereocenters. The Morgan fingerprint density at radius 3 is 1.78 bits per heavy atom. The van der Waals surface area contributed by atoms with Crippen LogP contribution in [-0.2, 0) is 0 Å². The van der Waals surface area contributed by atoms with Crippen molar-refractivity contribution in [1.82, 2.24) is 19.1 Å². The van der Waals surface area contributed by atoms with Gasteiger partial charge in [0.25, 0.3) is 0 Å². The van der Waals surface area contributed by atoms with Crippen LogP contribution in [0.1, 0.15) is 0 Å². The van der Waals surface area contributed by atoms with Crippen LogP contribution in [0.4, 0.5) is 0 Å². The number of aromatic nitrogens is 4. The fourth-order valence-electron chi connectivity index (χ4n) is 8.74. The fourth-order valence-corrected chi connectivity index (χ4v) is 8.74. The van der Waals surface area contributed by atoms with E-state index in [9.17, 15) is 0 Å². The van der Waals surface area contributed by atoms with E-state index in [1.165, 1.54) is 64.9 Å². The maximum atomic E-state index is 5.44. The summed E-state index contributed by atoms with van der Waals surface area (Å²) in [7, 11) is 0. The van der Waals surface area contributed by atoms with Gasteiger partial charge in [0.05, 0.1) is 33.1 Å². The summed E-state index contributed by atoms with van der Waals surface area (Å²) in [4.78, 5) is 10.8. The lowest BCUT2D eigenvalue weighted by Crippen LogP contribution is -2.04. The molecular weight excluding hydrogens is 657 g/mol. The Bertz CT molecular complexity index is 3510. The Labute approximate surface area is 309 Å². The number of para-hydroxylation sites is 3. The number of rotatable bonds is 3. The molecule has 0 aliphatic rings. The molecule has 0 spiro atoms. The van der Waals surface area contributed by atoms with Crippen molar-refractivity contribution >= 4 is 87.0 Å². The monoisotopic (exact) mass is 686 g/mol. The van der Waals surface area contributed by atoms with Gasteiger partial charge >= 0.3 is 0 Å². The summed E-state index contributed by atoms with van der Waals surface area (Å²) in [5, 5.41) is 12.1. The van der Waals surface area contributed by atoms with Gasteiger partial charge in [-0.05, 0) is 81.5 Å². The zero-order valence-electron chi connectivity index (χ0n) is 29.1. The van der Waals surface area contributed by atoms with Gasteiger partial charge in [-0.25, -0.2) is 9.97 Å². The Morgan fingerprint density at radius 2 is 0.944 bits per heavy atom. The summed E-state index contributed by atoms with van der Waals surface area (Å²) in [6.45, 7) is 0. The van der Waals surface area contributed by atoms with Crippen molar-refractivity contribution in [1.29, 1.82) is 0 Å². The number of hydrogen-bond acceptors (Lipinski definition) is 2. The zero-order chi connectivity index (χ0) is 35.3. The van der Waals surface area contributed by atoms with Gasteiger partial charge in [-0.2, -0.15) is 0 Å². The standard InChI is InChI=1S/C50H30N4/c1-2-13-33-27-36(22-21-31(33)11-1)48-50(52-44-19-9-8-18-43(44)51-48)54-46-26-24-37(30-42(46)41-28-34-14-3-4-15-35(34)29-47(41)54)53-45-20-10-7-17-39(45)40-25-23-32-12-5-6-16-38(32)49(40)53/h1-30H. The normalized spacial score (nSPS) is 12.1. The van der Waals surface area contributed by atoms with Crippen molar-refractivity contribution in [2.45, 2.75) is 0 Å². The summed E-state index contributed by atoms with van der Waals surface area (Å²) in [6, 6.07) is 65.5. The van der Waals surface area contributed by atoms with Crippen molar-refractivity contribution in [3.05, 3.63) is 182 Å². The van der Waals surface area contributed by atoms with E-state index in [-0.39, 0.29) is 0 Å². The molecule has 0 fully saturated rings. The van der Waals surface area contributed by atoms with Crippen LogP contribution < -0.4 is 0 Å². The molecule has 0 aliphatic heterocycles. The van der Waals surface area contributed by atoms with Gasteiger partial charge < -0.3 is 4.57 Å². The molecule has 0 bridgehead atoms. The first-order valence-corrected chi connectivity index (χ1v) is 18.4. The van der Waals surface area contributed by atoms with E-state index in [0.29, 0.717) is 0 Å². The quantitative estimate of drug-likeness (QED) is 0.185. The van der Waals surface area contributed by atoms with Crippen LogP contribution in [0.5, 0.6) is 0 Å². The second-order valence-corrected chi connectivity index (χ2v) is 14.2. The molecule has 3 aromatic heterocycles. The zero-order valence-corrected chi connectivity index (χ0v) is 29.1. The molecule has 54 heavy (non-hydrogen) atoms. The third-order valence-electron chi connectivity index (χ3n) is 11.2. The van der Waals surface area contributed by atoms with Gasteiger partial charge in [-0.3, -0.25) is 4.57 Å². The summed E-state index contributed by atoms with van der Waals surface area (Å²) in [5.41, 5.74) is 9.34. The Hall–Kier alpha value is -7.30. The molecular formula is C50H30N4. The second-order valence-electron chi connectivity index (χ2n) is 14.2. The summed E-state index contributed by atoms with van der Waals surface area (Å²) >= 11 is 0. The fraction of sp³-hybridized carbons (Fsp3) is 0. The first kappa shape index (κ1) is 29.3. The highest BCUT2D eigenvalue weighted by molar-refractivity contribution is 6.19. The number of fused-ring (bicyclic) bond motifs is 11. The van der Waals surface area contributed by atoms with Crippen molar-refractivity contribution in [2.24, 2.45) is 0 Å². The molecule has 9 aromatic carbocycles. The SMILES string of the molecule is c1ccc2cc(-c3nc4ccccc4nc3-n3c4ccc(-n5c6ccccc6c6ccc7ccccc7c65)cc4c4cc5ccccc5cc43)ccc2c1. The lowest BCUT2D eigenvalue weighted by Gasteiger charge is -2.15. The average Bonchev–Trinajstić information content (AvgIpc) is 3.74. The average molecular weight is 687 g/mol. The first-order valence-electron chi connectivity index (χ1n) is 18.4. The van der Waals surface area contributed by atoms with Crippen LogP contribution in [0.3, 0.4) is 0 Å². The second kappa shape index (κ2) is 11.1. The van der Waals surface area contributed by atoms with E-state index in [1.807, 2.05) is 12.1 Å². The van der Waals surface area contributed by atoms with Crippen LogP contribution in [0.15, 0.2) is 182 Å². The summed E-state index contributed by atoms with van der Waals surface area (Å²) < 4.78 is 4.79. The van der Waals surface area contributed by atoms with Crippen LogP contribution in [-0.4, -0.2) is 19.1 Å². The number of hydrogen-bond donors (Lipinski definition) is 0. The summed E-state index contributed by atoms with van der Waals surface area (Å²) in [5.74, 6) is 0.815. The van der Waals surface area contributed by atoms with Crippen molar-refractivity contribution in [2.75, 3.05) is 0 Å². The third-order valence-corrected chi connectivity index (χ3v) is 11.2. The van der Waals surface area contributed by atoms with E-state index < -0.39 is 0 Å². The maximum Gasteiger partial charge on any atom is 0.165 e. The topological polar surface area (TPSA) is 35.6 Å². The molecule has 3 heterocycles. The van der Waals surface area contributed by atoms with Gasteiger partial charge in [0, 0.05) is 38.2 Å². The molecule has 4 nitrogen and oxygen atoms in total. The highest BCUT2D eigenvalue weighted by Crippen LogP contribution is 2.41. The predicted molar refractivity (Wildman–Crippen MR) is 226 cm³/mol. The lowest BCUT2D eigenvalue weighted by atomic mass is 10.0. The van der Waals surface area contributed by atoms with Crippen molar-refractivity contribution in [3.8, 4) is 22.8 Å². The van der Waals surface area contributed by atoms with E-state index >= 15 is 0 Å². The van der Waals surface area contributed by atoms with E-state index in [1.54, 1.807) is 0 Å². The highest BCUT2D eigenvalue weighted by Gasteiger charge is 2.22. The molecule has 12 aromatic rings. The molecule has 12 rings (SSSR count). The highest BCUT2D eigenvalue weighted by atomic mass is 15.1. The predicted octanol–water partition coefficient (Wildman–Crippen LogP) is 13.0. The van der Waals surface area contributed by atoms with E-state index in [0.717, 1.165) is 44.8 Å². The van der Waals surface area contributed by atoms with E-state index in [2.05, 4.69) is 179 Å². The van der Waals surface area contributed by atoms with Crippen LogP contribution >= 0.6 is 0 Å². The summed E-state index contributed by atoms with van der Waals surface area (Å²) in [6.07, 6.45) is 0. The lowest BCUT2D eigenvalue weighted by molar-refractivity contribution is 1.08. The van der Waals surface area contributed by atoms with Crippen LogP contribution in [0.2, 0.25) is 0 Å². The maximum absolute atomic E-state index is 5.44. The molecule has 0 saturated carbocycles. The van der Waals surface area contributed by atoms with Crippen LogP contribution in [0.25, 0.3) is 110 Å². The minimum absolute atomic E-state index is 0.815. The van der Waals surface area contributed by atoms with Gasteiger partial charge in [0.2, 0.25) is 0 Å². The first-order chi connectivity index (χ1) is 26.8. The molecule has 4 heteroatoms. The van der Waals surface area contributed by atoms with E-state index in [4.69, 9.17) is 9.97 Å². The molecule has 0 unspecified atom stereocenters. The Balaban J connectivity index is 1.21. The molecule has 0 amide bonds. The molecule has 0 saturated heterocycles. The van der Waals surface area contributed by atoms with Crippen LogP contribution in [0, 0.1) is 0 Å². The molecule has 0 aliphatic carbocycles. The minimum atomic E-state index is 0.815. The molecule has 0 N–H and O–H groups in total. The van der Waals surface area contributed by atoms with Crippen molar-refractivity contribution < 1.29 is 0 Å². The largest absolute Gasteiger partial charge is 0.309 e. The van der Waals surface area contributed by atoms with Gasteiger partial charge in [0.1, 0.15) is 5.69 Å². The molecule has 0 radical (unpaired) electrons.